The summed E-state index contributed by atoms with van der Waals surface area (Å²) in [4.78, 5) is 31.9. The second-order valence-electron chi connectivity index (χ2n) is 8.40. The van der Waals surface area contributed by atoms with Crippen molar-refractivity contribution in [1.82, 2.24) is 9.97 Å². The van der Waals surface area contributed by atoms with Gasteiger partial charge in [0.1, 0.15) is 29.6 Å². The summed E-state index contributed by atoms with van der Waals surface area (Å²) >= 11 is 0. The first kappa shape index (κ1) is 22.7. The molecule has 2 amide bonds. The number of hydrogen-bond acceptors (Lipinski definition) is 6. The van der Waals surface area contributed by atoms with Crippen molar-refractivity contribution < 1.29 is 14.3 Å². The van der Waals surface area contributed by atoms with Gasteiger partial charge in [0, 0.05) is 12.3 Å². The molecule has 0 aliphatic rings. The van der Waals surface area contributed by atoms with E-state index in [0.29, 0.717) is 22.9 Å². The molecule has 0 saturated carbocycles. The molecule has 166 valence electrons. The Morgan fingerprint density at radius 2 is 1.69 bits per heavy atom. The van der Waals surface area contributed by atoms with Crippen molar-refractivity contribution in [3.05, 3.63) is 72.3 Å². The van der Waals surface area contributed by atoms with E-state index in [4.69, 9.17) is 10.5 Å². The van der Waals surface area contributed by atoms with Gasteiger partial charge in [-0.2, -0.15) is 0 Å². The van der Waals surface area contributed by atoms with Crippen molar-refractivity contribution in [1.29, 1.82) is 0 Å². The summed E-state index contributed by atoms with van der Waals surface area (Å²) in [7, 11) is 0. The van der Waals surface area contributed by atoms with Gasteiger partial charge in [-0.15, -0.1) is 0 Å². The molecule has 3 rings (SSSR count). The third-order valence-electron chi connectivity index (χ3n) is 4.81. The zero-order chi connectivity index (χ0) is 23.3. The summed E-state index contributed by atoms with van der Waals surface area (Å²) in [5.74, 6) is 0.271. The molecule has 0 spiro atoms. The number of carbonyl (C=O) groups excluding carboxylic acids is 2. The molecule has 8 heteroatoms. The fourth-order valence-corrected chi connectivity index (χ4v) is 2.89. The van der Waals surface area contributed by atoms with Gasteiger partial charge in [-0.05, 0) is 48.2 Å². The van der Waals surface area contributed by atoms with E-state index in [1.807, 2.05) is 24.3 Å². The molecule has 8 nitrogen and oxygen atoms in total. The van der Waals surface area contributed by atoms with Crippen molar-refractivity contribution in [2.24, 2.45) is 5.73 Å². The molecule has 3 aromatic rings. The number of aromatic nitrogens is 2. The van der Waals surface area contributed by atoms with Crippen molar-refractivity contribution in [3.8, 4) is 11.5 Å². The number of anilines is 2. The van der Waals surface area contributed by atoms with E-state index in [0.717, 1.165) is 0 Å². The molecule has 4 N–H and O–H groups in total. The Kier molecular flexibility index (Phi) is 6.73. The zero-order valence-electron chi connectivity index (χ0n) is 18.5. The molecule has 0 aliphatic heterocycles. The Hall–Kier alpha value is -3.94. The molecule has 2 aromatic carbocycles. The number of nitrogens with one attached hydrogen (secondary N) is 2. The summed E-state index contributed by atoms with van der Waals surface area (Å²) in [5, 5.41) is 5.81. The van der Waals surface area contributed by atoms with Crippen LogP contribution in [-0.4, -0.2) is 27.8 Å². The number of benzene rings is 2. The van der Waals surface area contributed by atoms with Gasteiger partial charge in [0.05, 0.1) is 11.4 Å². The Bertz CT molecular complexity index is 1090. The van der Waals surface area contributed by atoms with E-state index in [2.05, 4.69) is 41.4 Å². The first-order chi connectivity index (χ1) is 15.1. The fourth-order valence-electron chi connectivity index (χ4n) is 2.89. The number of hydrogen-bond donors (Lipinski definition) is 3. The maximum atomic E-state index is 12.5. The van der Waals surface area contributed by atoms with E-state index in [9.17, 15) is 9.59 Å². The second kappa shape index (κ2) is 9.47. The number of rotatable bonds is 7. The lowest BCUT2D eigenvalue weighted by atomic mass is 9.87. The lowest BCUT2D eigenvalue weighted by Gasteiger charge is -2.20. The molecule has 32 heavy (non-hydrogen) atoms. The maximum absolute atomic E-state index is 12.5. The predicted molar refractivity (Wildman–Crippen MR) is 124 cm³/mol. The van der Waals surface area contributed by atoms with E-state index < -0.39 is 17.9 Å². The SMILES string of the molecule is C[C@@H](Nc1cc(Oc2ccc(C(C)(C)C)cc2)ccc1NC(=O)c1ccncn1)C(N)=O. The largest absolute Gasteiger partial charge is 0.457 e. The van der Waals surface area contributed by atoms with Crippen LogP contribution >= 0.6 is 0 Å². The fraction of sp³-hybridized carbons (Fsp3) is 0.250. The first-order valence-corrected chi connectivity index (χ1v) is 10.2. The molecule has 0 unspecified atom stereocenters. The van der Waals surface area contributed by atoms with Crippen molar-refractivity contribution in [2.45, 2.75) is 39.2 Å². The Balaban J connectivity index is 1.85. The monoisotopic (exact) mass is 433 g/mol. The average molecular weight is 434 g/mol. The molecule has 0 radical (unpaired) electrons. The predicted octanol–water partition coefficient (Wildman–Crippen LogP) is 4.10. The highest BCUT2D eigenvalue weighted by molar-refractivity contribution is 6.04. The highest BCUT2D eigenvalue weighted by Gasteiger charge is 2.16. The third kappa shape index (κ3) is 5.81. The van der Waals surface area contributed by atoms with Crippen LogP contribution in [0.1, 0.15) is 43.7 Å². The summed E-state index contributed by atoms with van der Waals surface area (Å²) in [6.45, 7) is 8.08. The first-order valence-electron chi connectivity index (χ1n) is 10.2. The second-order valence-corrected chi connectivity index (χ2v) is 8.40. The molecule has 0 aliphatic carbocycles. The van der Waals surface area contributed by atoms with Crippen LogP contribution in [-0.2, 0) is 10.2 Å². The Labute approximate surface area is 187 Å². The highest BCUT2D eigenvalue weighted by Crippen LogP contribution is 2.32. The molecule has 0 bridgehead atoms. The smallest absolute Gasteiger partial charge is 0.274 e. The summed E-state index contributed by atoms with van der Waals surface area (Å²) in [6.07, 6.45) is 2.78. The van der Waals surface area contributed by atoms with Gasteiger partial charge in [-0.1, -0.05) is 32.9 Å². The van der Waals surface area contributed by atoms with Gasteiger partial charge >= 0.3 is 0 Å². The molecule has 0 saturated heterocycles. The van der Waals surface area contributed by atoms with Gasteiger partial charge in [0.15, 0.2) is 0 Å². The van der Waals surface area contributed by atoms with Gasteiger partial charge < -0.3 is 21.1 Å². The Morgan fingerprint density at radius 1 is 1.00 bits per heavy atom. The van der Waals surface area contributed by atoms with Crippen LogP contribution in [0.15, 0.2) is 61.1 Å². The molecule has 0 fully saturated rings. The zero-order valence-corrected chi connectivity index (χ0v) is 18.5. The number of nitrogens with zero attached hydrogens (tertiary/aromatic N) is 2. The van der Waals surface area contributed by atoms with Gasteiger partial charge in [-0.3, -0.25) is 9.59 Å². The molecule has 1 aromatic heterocycles. The number of nitrogens with two attached hydrogens (primary N) is 1. The molecular weight excluding hydrogens is 406 g/mol. The quantitative estimate of drug-likeness (QED) is 0.516. The topological polar surface area (TPSA) is 119 Å². The lowest BCUT2D eigenvalue weighted by Crippen LogP contribution is -2.32. The van der Waals surface area contributed by atoms with Crippen LogP contribution in [0.5, 0.6) is 11.5 Å². The van der Waals surface area contributed by atoms with E-state index >= 15 is 0 Å². The third-order valence-corrected chi connectivity index (χ3v) is 4.81. The summed E-state index contributed by atoms with van der Waals surface area (Å²) in [5.41, 5.74) is 7.81. The van der Waals surface area contributed by atoms with Crippen molar-refractivity contribution in [2.75, 3.05) is 10.6 Å². The van der Waals surface area contributed by atoms with Crippen LogP contribution in [0.25, 0.3) is 0 Å². The summed E-state index contributed by atoms with van der Waals surface area (Å²) in [6, 6.07) is 13.8. The molecule has 1 atom stereocenters. The van der Waals surface area contributed by atoms with Gasteiger partial charge in [0.2, 0.25) is 5.91 Å². The highest BCUT2D eigenvalue weighted by atomic mass is 16.5. The summed E-state index contributed by atoms with van der Waals surface area (Å²) < 4.78 is 5.98. The minimum atomic E-state index is -0.661. The van der Waals surface area contributed by atoms with Crippen LogP contribution in [0, 0.1) is 0 Å². The van der Waals surface area contributed by atoms with Crippen LogP contribution < -0.4 is 21.1 Å². The van der Waals surface area contributed by atoms with Crippen molar-refractivity contribution >= 4 is 23.2 Å². The normalized spacial score (nSPS) is 12.0. The van der Waals surface area contributed by atoms with E-state index in [1.54, 1.807) is 25.1 Å². The number of primary amides is 1. The van der Waals surface area contributed by atoms with Crippen LogP contribution in [0.3, 0.4) is 0 Å². The minimum absolute atomic E-state index is 0.0457. The van der Waals surface area contributed by atoms with Crippen LogP contribution in [0.2, 0.25) is 0 Å². The standard InChI is InChI=1S/C24H27N5O3/c1-15(22(25)30)28-21-13-18(32-17-7-5-16(6-8-17)24(2,3)4)9-10-19(21)29-23(31)20-11-12-26-14-27-20/h5-15,28H,1-4H3,(H2,25,30)(H,29,31)/t15-/m1/s1. The number of amides is 2. The van der Waals surface area contributed by atoms with Crippen LogP contribution in [0.4, 0.5) is 11.4 Å². The molecular formula is C24H27N5O3. The minimum Gasteiger partial charge on any atom is -0.457 e. The van der Waals surface area contributed by atoms with E-state index in [-0.39, 0.29) is 11.1 Å². The number of carbonyl (C=O) groups is 2. The molecule has 1 heterocycles. The van der Waals surface area contributed by atoms with Gasteiger partial charge in [-0.25, -0.2) is 9.97 Å². The van der Waals surface area contributed by atoms with E-state index in [1.165, 1.54) is 24.2 Å². The maximum Gasteiger partial charge on any atom is 0.274 e. The average Bonchev–Trinajstić information content (AvgIpc) is 2.75. The van der Waals surface area contributed by atoms with Gasteiger partial charge in [0.25, 0.3) is 5.91 Å². The Morgan fingerprint density at radius 3 is 2.28 bits per heavy atom. The van der Waals surface area contributed by atoms with Crippen molar-refractivity contribution in [3.63, 3.8) is 0 Å². The lowest BCUT2D eigenvalue weighted by molar-refractivity contribution is -0.118. The number of ether oxygens (including phenoxy) is 1.